The van der Waals surface area contributed by atoms with Gasteiger partial charge in [0.25, 0.3) is 5.91 Å². The predicted octanol–water partition coefficient (Wildman–Crippen LogP) is 2.37. The fourth-order valence-electron chi connectivity index (χ4n) is 3.04. The normalized spacial score (nSPS) is 19.0. The van der Waals surface area contributed by atoms with Crippen LogP contribution in [0.2, 0.25) is 0 Å². The first-order valence-corrected chi connectivity index (χ1v) is 8.14. The summed E-state index contributed by atoms with van der Waals surface area (Å²) in [5, 5.41) is 6.53. The van der Waals surface area contributed by atoms with Crippen LogP contribution < -0.4 is 10.6 Å². The van der Waals surface area contributed by atoms with Crippen LogP contribution in [-0.4, -0.2) is 22.8 Å². The van der Waals surface area contributed by atoms with Crippen LogP contribution in [0.3, 0.4) is 0 Å². The van der Waals surface area contributed by atoms with Gasteiger partial charge in [-0.2, -0.15) is 0 Å². The zero-order valence-electron chi connectivity index (χ0n) is 13.5. The lowest BCUT2D eigenvalue weighted by Crippen LogP contribution is -2.55. The number of amides is 2. The van der Waals surface area contributed by atoms with E-state index in [1.165, 1.54) is 0 Å². The third-order valence-corrected chi connectivity index (χ3v) is 4.33. The lowest BCUT2D eigenvalue weighted by atomic mass is 10.0. The molecule has 1 aromatic heterocycles. The summed E-state index contributed by atoms with van der Waals surface area (Å²) >= 11 is 0. The Morgan fingerprint density at radius 3 is 2.56 bits per heavy atom. The molecule has 2 heterocycles. The van der Waals surface area contributed by atoms with Crippen LogP contribution in [0.25, 0.3) is 17.0 Å². The van der Waals surface area contributed by atoms with Crippen LogP contribution >= 0.6 is 0 Å². The van der Waals surface area contributed by atoms with Crippen molar-refractivity contribution < 1.29 is 9.59 Å². The number of H-pyrrole nitrogens is 1. The van der Waals surface area contributed by atoms with Crippen LogP contribution in [0, 0.1) is 0 Å². The number of carbonyl (C=O) groups excluding carboxylic acids is 2. The van der Waals surface area contributed by atoms with Crippen molar-refractivity contribution in [1.29, 1.82) is 0 Å². The fraction of sp³-hybridized carbons (Fsp3) is 0.100. The summed E-state index contributed by atoms with van der Waals surface area (Å²) < 4.78 is 0. The van der Waals surface area contributed by atoms with Crippen molar-refractivity contribution in [3.63, 3.8) is 0 Å². The maximum Gasteiger partial charge on any atom is 0.268 e. The molecule has 0 aliphatic carbocycles. The van der Waals surface area contributed by atoms with Crippen molar-refractivity contribution in [3.05, 3.63) is 77.6 Å². The maximum absolute atomic E-state index is 12.4. The number of fused-ring (bicyclic) bond motifs is 1. The monoisotopic (exact) mass is 331 g/mol. The number of carbonyl (C=O) groups is 2. The molecule has 3 N–H and O–H groups in total. The lowest BCUT2D eigenvalue weighted by molar-refractivity contribution is -0.131. The highest BCUT2D eigenvalue weighted by Gasteiger charge is 2.29. The molecule has 1 saturated heterocycles. The first-order valence-electron chi connectivity index (χ1n) is 8.14. The summed E-state index contributed by atoms with van der Waals surface area (Å²) in [6.07, 6.45) is 4.00. The first-order chi connectivity index (χ1) is 12.2. The summed E-state index contributed by atoms with van der Waals surface area (Å²) in [4.78, 5) is 27.9. The summed E-state index contributed by atoms with van der Waals surface area (Å²) in [6, 6.07) is 16.9. The molecule has 0 radical (unpaired) electrons. The van der Waals surface area contributed by atoms with Crippen molar-refractivity contribution >= 4 is 28.8 Å². The Hall–Kier alpha value is -3.34. The average molecular weight is 331 g/mol. The molecular formula is C20H17N3O2. The number of aromatic amines is 1. The Morgan fingerprint density at radius 2 is 1.72 bits per heavy atom. The molecule has 4 rings (SSSR count). The van der Waals surface area contributed by atoms with Gasteiger partial charge in [0.05, 0.1) is 0 Å². The van der Waals surface area contributed by atoms with E-state index in [1.54, 1.807) is 6.08 Å². The standard InChI is InChI=1S/C20H17N3O2/c24-19-17(10-13-6-2-1-3-7-13)22-20(25)18(23-19)11-14-12-21-16-9-5-4-8-15(14)16/h1-9,11-12,17,21H,10H2,(H,22,25)(H,23,24)/b18-11-/t17-/m1/s1. The minimum absolute atomic E-state index is 0.199. The minimum atomic E-state index is -0.560. The summed E-state index contributed by atoms with van der Waals surface area (Å²) in [5.41, 5.74) is 3.12. The van der Waals surface area contributed by atoms with E-state index in [0.29, 0.717) is 6.42 Å². The third kappa shape index (κ3) is 3.04. The molecule has 25 heavy (non-hydrogen) atoms. The van der Waals surface area contributed by atoms with Gasteiger partial charge in [-0.1, -0.05) is 48.5 Å². The highest BCUT2D eigenvalue weighted by atomic mass is 16.2. The van der Waals surface area contributed by atoms with Crippen LogP contribution in [-0.2, 0) is 16.0 Å². The molecule has 0 bridgehead atoms. The predicted molar refractivity (Wildman–Crippen MR) is 96.5 cm³/mol. The van der Waals surface area contributed by atoms with E-state index >= 15 is 0 Å². The Balaban J connectivity index is 1.56. The molecule has 0 spiro atoms. The number of aromatic nitrogens is 1. The second-order valence-electron chi connectivity index (χ2n) is 6.05. The molecule has 1 atom stereocenters. The first kappa shape index (κ1) is 15.2. The van der Waals surface area contributed by atoms with E-state index in [-0.39, 0.29) is 17.5 Å². The Kier molecular flexibility index (Phi) is 3.82. The second kappa shape index (κ2) is 6.28. The van der Waals surface area contributed by atoms with Crippen molar-refractivity contribution in [2.45, 2.75) is 12.5 Å². The van der Waals surface area contributed by atoms with Gasteiger partial charge in [-0.3, -0.25) is 9.59 Å². The molecule has 5 nitrogen and oxygen atoms in total. The van der Waals surface area contributed by atoms with Gasteiger partial charge in [0.1, 0.15) is 11.7 Å². The zero-order valence-corrected chi connectivity index (χ0v) is 13.5. The summed E-state index contributed by atoms with van der Waals surface area (Å²) in [7, 11) is 0. The van der Waals surface area contributed by atoms with Gasteiger partial charge in [0.2, 0.25) is 5.91 Å². The van der Waals surface area contributed by atoms with Crippen molar-refractivity contribution in [2.75, 3.05) is 0 Å². The maximum atomic E-state index is 12.4. The van der Waals surface area contributed by atoms with Crippen molar-refractivity contribution in [3.8, 4) is 0 Å². The van der Waals surface area contributed by atoms with Gasteiger partial charge in [-0.05, 0) is 17.7 Å². The third-order valence-electron chi connectivity index (χ3n) is 4.33. The zero-order chi connectivity index (χ0) is 17.2. The van der Waals surface area contributed by atoms with E-state index in [4.69, 9.17) is 0 Å². The Morgan fingerprint density at radius 1 is 0.960 bits per heavy atom. The van der Waals surface area contributed by atoms with Gasteiger partial charge in [-0.25, -0.2) is 0 Å². The quantitative estimate of drug-likeness (QED) is 0.645. The van der Waals surface area contributed by atoms with E-state index in [1.807, 2.05) is 60.8 Å². The van der Waals surface area contributed by atoms with Gasteiger partial charge in [-0.15, -0.1) is 0 Å². The highest BCUT2D eigenvalue weighted by Crippen LogP contribution is 2.20. The number of para-hydroxylation sites is 1. The van der Waals surface area contributed by atoms with Crippen LogP contribution in [0.15, 0.2) is 66.5 Å². The number of rotatable bonds is 3. The number of piperazine rings is 1. The molecule has 1 aliphatic heterocycles. The molecule has 2 amide bonds. The SMILES string of the molecule is O=C1N[C@H](Cc2ccccc2)C(=O)N/C1=C\c1c[nH]c2ccccc12. The van der Waals surface area contributed by atoms with Crippen LogP contribution in [0.5, 0.6) is 0 Å². The molecule has 2 aromatic carbocycles. The topological polar surface area (TPSA) is 74.0 Å². The van der Waals surface area contributed by atoms with Gasteiger partial charge >= 0.3 is 0 Å². The smallest absolute Gasteiger partial charge is 0.268 e. The summed E-state index contributed by atoms with van der Waals surface area (Å²) in [6.45, 7) is 0. The fourth-order valence-corrected chi connectivity index (χ4v) is 3.04. The van der Waals surface area contributed by atoms with Gasteiger partial charge < -0.3 is 15.6 Å². The molecule has 0 saturated carbocycles. The van der Waals surface area contributed by atoms with Crippen LogP contribution in [0.4, 0.5) is 0 Å². The van der Waals surface area contributed by atoms with E-state index in [0.717, 1.165) is 22.0 Å². The number of hydrogen-bond acceptors (Lipinski definition) is 2. The van der Waals surface area contributed by atoms with Gasteiger partial charge in [0, 0.05) is 29.1 Å². The van der Waals surface area contributed by atoms with Crippen LogP contribution in [0.1, 0.15) is 11.1 Å². The lowest BCUT2D eigenvalue weighted by Gasteiger charge is -2.25. The van der Waals surface area contributed by atoms with Crippen molar-refractivity contribution in [1.82, 2.24) is 15.6 Å². The number of hydrogen-bond donors (Lipinski definition) is 3. The van der Waals surface area contributed by atoms with Crippen molar-refractivity contribution in [2.24, 2.45) is 0 Å². The highest BCUT2D eigenvalue weighted by molar-refractivity contribution is 6.08. The number of benzene rings is 2. The molecule has 5 heteroatoms. The van der Waals surface area contributed by atoms with E-state index in [2.05, 4.69) is 15.6 Å². The molecule has 124 valence electrons. The Labute approximate surface area is 144 Å². The molecule has 1 fully saturated rings. The van der Waals surface area contributed by atoms with E-state index in [9.17, 15) is 9.59 Å². The molecule has 1 aliphatic rings. The molecular weight excluding hydrogens is 314 g/mol. The Bertz CT molecular complexity index is 973. The summed E-state index contributed by atoms with van der Waals surface area (Å²) in [5.74, 6) is -0.472. The molecule has 3 aromatic rings. The second-order valence-corrected chi connectivity index (χ2v) is 6.05. The van der Waals surface area contributed by atoms with Gasteiger partial charge in [0.15, 0.2) is 0 Å². The van der Waals surface area contributed by atoms with E-state index < -0.39 is 6.04 Å². The number of nitrogens with one attached hydrogen (secondary N) is 3. The largest absolute Gasteiger partial charge is 0.361 e. The molecule has 0 unspecified atom stereocenters. The average Bonchev–Trinajstić information content (AvgIpc) is 3.03. The minimum Gasteiger partial charge on any atom is -0.361 e.